The summed E-state index contributed by atoms with van der Waals surface area (Å²) < 4.78 is 36.6. The zero-order valence-electron chi connectivity index (χ0n) is 7.80. The van der Waals surface area contributed by atoms with Crippen LogP contribution in [0.15, 0.2) is 18.2 Å². The Hall–Kier alpha value is -0.490. The number of aliphatic hydroxyl groups excluding tert-OH is 1. The van der Waals surface area contributed by atoms with E-state index in [1.807, 2.05) is 0 Å². The Morgan fingerprint density at radius 1 is 1.12 bits per heavy atom. The number of hydrogen-bond acceptors (Lipinski definition) is 2. The molecule has 0 aliphatic heterocycles. The molecular formula is C9H8Cl2F3NO. The molecule has 1 rings (SSSR count). The molecule has 0 fully saturated rings. The van der Waals surface area contributed by atoms with Crippen molar-refractivity contribution >= 4 is 23.2 Å². The molecule has 0 unspecified atom stereocenters. The van der Waals surface area contributed by atoms with E-state index in [2.05, 4.69) is 0 Å². The average molecular weight is 274 g/mol. The molecule has 0 saturated carbocycles. The Bertz CT molecular complexity index is 363. The highest BCUT2D eigenvalue weighted by Crippen LogP contribution is 2.31. The van der Waals surface area contributed by atoms with Gasteiger partial charge in [-0.05, 0) is 23.8 Å². The topological polar surface area (TPSA) is 46.2 Å². The maximum absolute atomic E-state index is 12.2. The number of rotatable bonds is 2. The highest BCUT2D eigenvalue weighted by molar-refractivity contribution is 6.34. The summed E-state index contributed by atoms with van der Waals surface area (Å²) in [4.78, 5) is 0. The van der Waals surface area contributed by atoms with Gasteiger partial charge < -0.3 is 10.8 Å². The molecule has 0 spiro atoms. The summed E-state index contributed by atoms with van der Waals surface area (Å²) in [6.45, 7) is 0. The van der Waals surface area contributed by atoms with Crippen LogP contribution in [0.3, 0.4) is 0 Å². The van der Waals surface area contributed by atoms with Gasteiger partial charge in [0, 0.05) is 10.0 Å². The molecule has 0 aromatic heterocycles. The maximum atomic E-state index is 12.2. The minimum Gasteiger partial charge on any atom is -0.382 e. The van der Waals surface area contributed by atoms with Crippen molar-refractivity contribution in [1.29, 1.82) is 0 Å². The molecule has 7 heteroatoms. The third-order valence-corrected chi connectivity index (χ3v) is 2.38. The molecule has 2 atom stereocenters. The first-order valence-corrected chi connectivity index (χ1v) is 4.94. The van der Waals surface area contributed by atoms with Crippen molar-refractivity contribution in [3.8, 4) is 0 Å². The van der Waals surface area contributed by atoms with E-state index in [0.29, 0.717) is 0 Å². The molecule has 90 valence electrons. The number of halogens is 5. The lowest BCUT2D eigenvalue weighted by molar-refractivity contribution is -0.210. The van der Waals surface area contributed by atoms with Gasteiger partial charge in [0.25, 0.3) is 0 Å². The van der Waals surface area contributed by atoms with Crippen LogP contribution in [0, 0.1) is 0 Å². The second-order valence-corrected chi connectivity index (χ2v) is 4.09. The molecule has 0 aliphatic carbocycles. The summed E-state index contributed by atoms with van der Waals surface area (Å²) in [7, 11) is 0. The van der Waals surface area contributed by atoms with Crippen LogP contribution in [0.25, 0.3) is 0 Å². The molecule has 0 radical (unpaired) electrons. The van der Waals surface area contributed by atoms with Crippen LogP contribution in [-0.4, -0.2) is 17.4 Å². The number of alkyl halides is 3. The standard InChI is InChI=1S/C9H8Cl2F3NO/c10-5-1-4(2-6(11)3-5)7(15)8(16)9(12,13)14/h1-3,7-8,16H,15H2/t7-,8-/m0/s1. The Morgan fingerprint density at radius 2 is 1.56 bits per heavy atom. The third kappa shape index (κ3) is 3.25. The molecule has 1 aromatic carbocycles. The summed E-state index contributed by atoms with van der Waals surface area (Å²) >= 11 is 11.2. The van der Waals surface area contributed by atoms with Crippen LogP contribution < -0.4 is 5.73 Å². The fraction of sp³-hybridized carbons (Fsp3) is 0.333. The lowest BCUT2D eigenvalue weighted by atomic mass is 10.0. The van der Waals surface area contributed by atoms with Crippen molar-refractivity contribution < 1.29 is 18.3 Å². The Morgan fingerprint density at radius 3 is 1.94 bits per heavy atom. The van der Waals surface area contributed by atoms with Crippen molar-refractivity contribution in [2.45, 2.75) is 18.3 Å². The molecule has 0 bridgehead atoms. The number of benzene rings is 1. The third-order valence-electron chi connectivity index (χ3n) is 1.95. The first-order chi connectivity index (χ1) is 7.21. The van der Waals surface area contributed by atoms with Crippen LogP contribution in [0.1, 0.15) is 11.6 Å². The fourth-order valence-electron chi connectivity index (χ4n) is 1.15. The van der Waals surface area contributed by atoms with E-state index < -0.39 is 18.3 Å². The lowest BCUT2D eigenvalue weighted by Crippen LogP contribution is -2.38. The summed E-state index contributed by atoms with van der Waals surface area (Å²) in [5, 5.41) is 9.27. The molecule has 0 heterocycles. The zero-order valence-corrected chi connectivity index (χ0v) is 9.31. The first-order valence-electron chi connectivity index (χ1n) is 4.18. The average Bonchev–Trinajstić information content (AvgIpc) is 2.12. The Balaban J connectivity index is 3.00. The SMILES string of the molecule is N[C@@H](c1cc(Cl)cc(Cl)c1)[C@H](O)C(F)(F)F. The van der Waals surface area contributed by atoms with Gasteiger partial charge in [-0.1, -0.05) is 23.2 Å². The zero-order chi connectivity index (χ0) is 12.5. The van der Waals surface area contributed by atoms with Gasteiger partial charge in [0.2, 0.25) is 0 Å². The van der Waals surface area contributed by atoms with Crippen LogP contribution >= 0.6 is 23.2 Å². The van der Waals surface area contributed by atoms with Gasteiger partial charge in [0.1, 0.15) is 0 Å². The van der Waals surface area contributed by atoms with Gasteiger partial charge in [0.05, 0.1) is 6.04 Å². The molecule has 1 aromatic rings. The summed E-state index contributed by atoms with van der Waals surface area (Å²) in [5.74, 6) is 0. The fourth-order valence-corrected chi connectivity index (χ4v) is 1.70. The predicted octanol–water partition coefficient (Wildman–Crippen LogP) is 2.92. The highest BCUT2D eigenvalue weighted by Gasteiger charge is 2.42. The van der Waals surface area contributed by atoms with E-state index in [9.17, 15) is 13.2 Å². The van der Waals surface area contributed by atoms with Crippen molar-refractivity contribution in [2.75, 3.05) is 0 Å². The molecule has 0 saturated heterocycles. The lowest BCUT2D eigenvalue weighted by Gasteiger charge is -2.21. The Labute approximate surface area is 99.8 Å². The van der Waals surface area contributed by atoms with Crippen LogP contribution in [0.4, 0.5) is 13.2 Å². The predicted molar refractivity (Wildman–Crippen MR) is 55.5 cm³/mol. The van der Waals surface area contributed by atoms with Gasteiger partial charge in [-0.15, -0.1) is 0 Å². The first kappa shape index (κ1) is 13.6. The van der Waals surface area contributed by atoms with Gasteiger partial charge >= 0.3 is 6.18 Å². The quantitative estimate of drug-likeness (QED) is 0.871. The molecule has 3 N–H and O–H groups in total. The van der Waals surface area contributed by atoms with Gasteiger partial charge in [-0.25, -0.2) is 0 Å². The van der Waals surface area contributed by atoms with Crippen molar-refractivity contribution in [2.24, 2.45) is 5.73 Å². The molecular weight excluding hydrogens is 266 g/mol. The van der Waals surface area contributed by atoms with Crippen LogP contribution in [0.2, 0.25) is 10.0 Å². The van der Waals surface area contributed by atoms with Crippen molar-refractivity contribution in [3.05, 3.63) is 33.8 Å². The van der Waals surface area contributed by atoms with E-state index >= 15 is 0 Å². The van der Waals surface area contributed by atoms with Gasteiger partial charge in [0.15, 0.2) is 6.10 Å². The highest BCUT2D eigenvalue weighted by atomic mass is 35.5. The van der Waals surface area contributed by atoms with Gasteiger partial charge in [-0.3, -0.25) is 0 Å². The minimum absolute atomic E-state index is 0.0299. The van der Waals surface area contributed by atoms with E-state index in [1.54, 1.807) is 0 Å². The maximum Gasteiger partial charge on any atom is 0.416 e. The summed E-state index contributed by atoms with van der Waals surface area (Å²) in [5.41, 5.74) is 5.31. The number of nitrogens with two attached hydrogens (primary N) is 1. The van der Waals surface area contributed by atoms with Crippen molar-refractivity contribution in [3.63, 3.8) is 0 Å². The number of hydrogen-bond donors (Lipinski definition) is 2. The Kier molecular flexibility index (Phi) is 4.07. The van der Waals surface area contributed by atoms with Crippen molar-refractivity contribution in [1.82, 2.24) is 0 Å². The van der Waals surface area contributed by atoms with E-state index in [-0.39, 0.29) is 15.6 Å². The number of aliphatic hydroxyl groups is 1. The van der Waals surface area contributed by atoms with E-state index in [0.717, 1.165) is 0 Å². The molecule has 2 nitrogen and oxygen atoms in total. The minimum atomic E-state index is -4.78. The molecule has 0 aliphatic rings. The van der Waals surface area contributed by atoms with E-state index in [4.69, 9.17) is 34.0 Å². The summed E-state index contributed by atoms with van der Waals surface area (Å²) in [6.07, 6.45) is -7.43. The largest absolute Gasteiger partial charge is 0.416 e. The van der Waals surface area contributed by atoms with Gasteiger partial charge in [-0.2, -0.15) is 13.2 Å². The monoisotopic (exact) mass is 273 g/mol. The van der Waals surface area contributed by atoms with Crippen LogP contribution in [0.5, 0.6) is 0 Å². The normalized spacial score (nSPS) is 15.9. The second-order valence-electron chi connectivity index (χ2n) is 3.22. The molecule has 0 amide bonds. The van der Waals surface area contributed by atoms with Crippen LogP contribution in [-0.2, 0) is 0 Å². The molecule has 16 heavy (non-hydrogen) atoms. The smallest absolute Gasteiger partial charge is 0.382 e. The van der Waals surface area contributed by atoms with E-state index in [1.165, 1.54) is 18.2 Å². The second kappa shape index (κ2) is 4.79. The summed E-state index contributed by atoms with van der Waals surface area (Å²) in [6, 6.07) is 2.20.